The molecule has 0 spiro atoms. The Bertz CT molecular complexity index is 1280. The number of likely N-dealkylation sites (N-methyl/N-ethyl adjacent to an activating group) is 1. The summed E-state index contributed by atoms with van der Waals surface area (Å²) in [5.41, 5.74) is 1.82. The van der Waals surface area contributed by atoms with Gasteiger partial charge in [0.2, 0.25) is 11.9 Å². The van der Waals surface area contributed by atoms with Crippen molar-refractivity contribution < 1.29 is 4.79 Å². The van der Waals surface area contributed by atoms with Crippen LogP contribution in [0.3, 0.4) is 0 Å². The first-order valence-electron chi connectivity index (χ1n) is 11.3. The number of carbonyl (C=O) groups excluding carboxylic acids is 1. The minimum atomic E-state index is -0.686. The van der Waals surface area contributed by atoms with E-state index in [0.29, 0.717) is 68.8 Å². The molecule has 2 bridgehead atoms. The van der Waals surface area contributed by atoms with Crippen LogP contribution in [0.4, 0.5) is 0 Å². The zero-order chi connectivity index (χ0) is 23.0. The second-order valence-electron chi connectivity index (χ2n) is 8.95. The van der Waals surface area contributed by atoms with Gasteiger partial charge in [0.15, 0.2) is 5.84 Å². The zero-order valence-electron chi connectivity index (χ0n) is 18.6. The number of aliphatic imine (C=N–C) groups is 1. The van der Waals surface area contributed by atoms with Crippen LogP contribution in [0.25, 0.3) is 10.9 Å². The van der Waals surface area contributed by atoms with E-state index < -0.39 is 5.92 Å². The monoisotopic (exact) mass is 486 g/mol. The molecule has 0 saturated carbocycles. The van der Waals surface area contributed by atoms with Gasteiger partial charge in [-0.25, -0.2) is 0 Å². The Kier molecular flexibility index (Phi) is 4.80. The van der Waals surface area contributed by atoms with Gasteiger partial charge in [-0.2, -0.15) is 15.2 Å². The van der Waals surface area contributed by atoms with Crippen molar-refractivity contribution in [1.82, 2.24) is 24.9 Å². The van der Waals surface area contributed by atoms with E-state index in [2.05, 4.69) is 25.5 Å². The van der Waals surface area contributed by atoms with Gasteiger partial charge in [0.25, 0.3) is 0 Å². The molecule has 1 N–H and O–H groups in total. The molecule has 33 heavy (non-hydrogen) atoms. The lowest BCUT2D eigenvalue weighted by Crippen LogP contribution is -2.55. The number of guanidine groups is 1. The molecule has 11 heteroatoms. The van der Waals surface area contributed by atoms with Crippen LogP contribution in [0.1, 0.15) is 31.7 Å². The van der Waals surface area contributed by atoms with Crippen LogP contribution < -0.4 is 5.32 Å². The van der Waals surface area contributed by atoms with Crippen molar-refractivity contribution >= 4 is 57.5 Å². The lowest BCUT2D eigenvalue weighted by Gasteiger charge is -2.36. The smallest absolute Gasteiger partial charge is 0.246 e. The lowest BCUT2D eigenvalue weighted by atomic mass is 9.93. The predicted octanol–water partition coefficient (Wildman–Crippen LogP) is 2.75. The third-order valence-corrected chi connectivity index (χ3v) is 8.16. The van der Waals surface area contributed by atoms with Gasteiger partial charge in [-0.1, -0.05) is 23.2 Å². The van der Waals surface area contributed by atoms with Crippen LogP contribution >= 0.6 is 23.2 Å². The number of rotatable bonds is 3. The number of amidine groups is 1. The van der Waals surface area contributed by atoms with Gasteiger partial charge in [0.1, 0.15) is 11.1 Å². The lowest BCUT2D eigenvalue weighted by molar-refractivity contribution is -0.127. The Morgan fingerprint density at radius 3 is 2.76 bits per heavy atom. The topological polar surface area (TPSA) is 90.5 Å². The highest BCUT2D eigenvalue weighted by atomic mass is 35.5. The molecular formula is C22H24Cl2N8O. The molecule has 2 aromatic rings. The van der Waals surface area contributed by atoms with E-state index in [-0.39, 0.29) is 5.91 Å². The third kappa shape index (κ3) is 2.85. The molecule has 1 amide bonds. The normalized spacial score (nSPS) is 28.5. The molecule has 1 unspecified atom stereocenters. The molecule has 5 heterocycles. The second-order valence-corrected chi connectivity index (χ2v) is 9.69. The molecule has 4 aliphatic rings. The van der Waals surface area contributed by atoms with E-state index in [4.69, 9.17) is 28.2 Å². The van der Waals surface area contributed by atoms with Gasteiger partial charge in [-0.3, -0.25) is 14.4 Å². The third-order valence-electron chi connectivity index (χ3n) is 7.38. The molecule has 172 valence electrons. The number of nitrogens with one attached hydrogen (secondary N) is 1. The van der Waals surface area contributed by atoms with E-state index in [1.165, 1.54) is 0 Å². The standard InChI is InChI=1S/C22H24Cl2N8O/c1-4-31-19(24)15-12(29-31)7-6-11(17(15)23)18-16-20(28-27-18)26-22(30(3)21(16)33)32-10-5-8-14(32)13(9-10)25-2/h6-7,10,13-14,16,25H,4-5,8-9H2,1-3H3/t10-,13+,14+,16?/m0/s1. The van der Waals surface area contributed by atoms with Crippen LogP contribution in [-0.4, -0.2) is 75.2 Å². The van der Waals surface area contributed by atoms with Crippen molar-refractivity contribution in [2.24, 2.45) is 21.1 Å². The fraction of sp³-hybridized carbons (Fsp3) is 0.500. The minimum Gasteiger partial charge on any atom is -0.335 e. The Labute approximate surface area is 201 Å². The van der Waals surface area contributed by atoms with Gasteiger partial charge in [-0.05, 0) is 45.4 Å². The van der Waals surface area contributed by atoms with Crippen LogP contribution in [0.5, 0.6) is 0 Å². The average Bonchev–Trinajstić information content (AvgIpc) is 3.57. The predicted molar refractivity (Wildman–Crippen MR) is 129 cm³/mol. The summed E-state index contributed by atoms with van der Waals surface area (Å²) < 4.78 is 1.69. The fourth-order valence-corrected chi connectivity index (χ4v) is 6.48. The molecule has 6 rings (SSSR count). The first-order chi connectivity index (χ1) is 15.9. The van der Waals surface area contributed by atoms with E-state index in [1.807, 2.05) is 26.1 Å². The summed E-state index contributed by atoms with van der Waals surface area (Å²) in [5.74, 6) is 0.301. The first kappa shape index (κ1) is 21.1. The molecular weight excluding hydrogens is 463 g/mol. The van der Waals surface area contributed by atoms with Crippen LogP contribution in [0.2, 0.25) is 10.2 Å². The van der Waals surface area contributed by atoms with Crippen LogP contribution in [0.15, 0.2) is 27.3 Å². The molecule has 1 aromatic heterocycles. The van der Waals surface area contributed by atoms with Crippen molar-refractivity contribution in [1.29, 1.82) is 0 Å². The van der Waals surface area contributed by atoms with Crippen molar-refractivity contribution in [3.63, 3.8) is 0 Å². The summed E-state index contributed by atoms with van der Waals surface area (Å²) in [4.78, 5) is 22.4. The number of hydrogen-bond acceptors (Lipinski definition) is 7. The van der Waals surface area contributed by atoms with Gasteiger partial charge >= 0.3 is 0 Å². The maximum absolute atomic E-state index is 13.6. The quantitative estimate of drug-likeness (QED) is 0.721. The van der Waals surface area contributed by atoms with Crippen molar-refractivity contribution in [3.8, 4) is 0 Å². The Morgan fingerprint density at radius 1 is 1.21 bits per heavy atom. The highest BCUT2D eigenvalue weighted by Gasteiger charge is 2.51. The molecule has 2 saturated heterocycles. The molecule has 0 radical (unpaired) electrons. The number of aryl methyl sites for hydroxylation is 1. The number of benzene rings is 1. The number of hydrogen-bond donors (Lipinski definition) is 1. The van der Waals surface area contributed by atoms with E-state index >= 15 is 0 Å². The summed E-state index contributed by atoms with van der Waals surface area (Å²) in [7, 11) is 3.78. The van der Waals surface area contributed by atoms with Crippen molar-refractivity contribution in [2.45, 2.75) is 50.9 Å². The molecule has 4 atom stereocenters. The van der Waals surface area contributed by atoms with Gasteiger partial charge in [-0.15, -0.1) is 5.10 Å². The second kappa shape index (κ2) is 7.51. The highest BCUT2D eigenvalue weighted by Crippen LogP contribution is 2.40. The molecule has 9 nitrogen and oxygen atoms in total. The number of nitrogens with zero attached hydrogens (tertiary/aromatic N) is 7. The van der Waals surface area contributed by atoms with E-state index in [1.54, 1.807) is 16.6 Å². The maximum atomic E-state index is 13.6. The summed E-state index contributed by atoms with van der Waals surface area (Å²) >= 11 is 13.3. The van der Waals surface area contributed by atoms with Crippen molar-refractivity contribution in [3.05, 3.63) is 27.9 Å². The highest BCUT2D eigenvalue weighted by molar-refractivity contribution is 6.45. The number of fused-ring (bicyclic) bond motifs is 4. The van der Waals surface area contributed by atoms with Crippen LogP contribution in [-0.2, 0) is 11.3 Å². The van der Waals surface area contributed by atoms with Gasteiger partial charge in [0, 0.05) is 37.3 Å². The van der Waals surface area contributed by atoms with Gasteiger partial charge in [0.05, 0.1) is 21.6 Å². The summed E-state index contributed by atoms with van der Waals surface area (Å²) in [6.07, 6.45) is 3.27. The molecule has 1 aromatic carbocycles. The summed E-state index contributed by atoms with van der Waals surface area (Å²) in [5, 5.41) is 18.1. The van der Waals surface area contributed by atoms with E-state index in [9.17, 15) is 4.79 Å². The first-order valence-corrected chi connectivity index (χ1v) is 12.0. The zero-order valence-corrected chi connectivity index (χ0v) is 20.1. The number of amides is 1. The Morgan fingerprint density at radius 2 is 2.03 bits per heavy atom. The summed E-state index contributed by atoms with van der Waals surface area (Å²) in [6, 6.07) is 4.80. The Hall–Kier alpha value is -2.49. The maximum Gasteiger partial charge on any atom is 0.246 e. The van der Waals surface area contributed by atoms with E-state index in [0.717, 1.165) is 19.3 Å². The summed E-state index contributed by atoms with van der Waals surface area (Å²) in [6.45, 7) is 2.59. The van der Waals surface area contributed by atoms with Crippen LogP contribution in [0, 0.1) is 5.92 Å². The number of halogens is 2. The molecule has 0 aliphatic carbocycles. The SMILES string of the molecule is CCn1nc2ccc(C3=NN=C4N=C(N5[C@H]6CC[C@@H]5[C@H](NC)C6)N(C)C(=O)C43)c(Cl)c2c1Cl. The minimum absolute atomic E-state index is 0.103. The molecule has 2 fully saturated rings. The number of carbonyl (C=O) groups is 1. The number of aromatic nitrogens is 2. The molecule has 4 aliphatic heterocycles. The fourth-order valence-electron chi connectivity index (χ4n) is 5.73. The van der Waals surface area contributed by atoms with Gasteiger partial charge < -0.3 is 10.2 Å². The largest absolute Gasteiger partial charge is 0.335 e. The van der Waals surface area contributed by atoms with Crippen molar-refractivity contribution in [2.75, 3.05) is 14.1 Å². The average molecular weight is 487 g/mol. The Balaban J connectivity index is 1.37.